The minimum atomic E-state index is -4.69. The highest BCUT2D eigenvalue weighted by Crippen LogP contribution is 2.38. The Balaban J connectivity index is 2.43. The number of ether oxygens (including phenoxy) is 2. The molecule has 1 N–H and O–H groups in total. The van der Waals surface area contributed by atoms with Crippen LogP contribution in [0.4, 0.5) is 0 Å². The molecule has 11 nitrogen and oxygen atoms in total. The van der Waals surface area contributed by atoms with Gasteiger partial charge in [0.1, 0.15) is 31.3 Å². The zero-order valence-electron chi connectivity index (χ0n) is 40.8. The molecule has 1 heterocycles. The zero-order valence-corrected chi connectivity index (χ0v) is 41.7. The standard InChI is InChI=1S/C52H86NO10P/c1-8-10-12-13-14-15-16-17-18-19-22-25-30-35-47(54)36-31-28-34-40-52(56)62-48(44-61-64(57,58)60-42-41-53(5,6)7)43-59-51(55)39-33-27-24-21-20-23-26-32-38-50-46(4)45(3)49(63-50)37-29-11-9-2/h10,12,14-15,17-18,22,25,28,30-31,35,47-48,54H,8-9,11,13,16,19-21,23-24,26-27,29,32-34,36-44H2,1-7H3/b12-10-,15-14-,18-17-,25-22-,31-28-,35-30-/t47?,48-/m1/s1. The van der Waals surface area contributed by atoms with Gasteiger partial charge in [0.2, 0.25) is 0 Å². The molecule has 0 saturated heterocycles. The second-order valence-electron chi connectivity index (χ2n) is 17.5. The number of phosphoric ester groups is 1. The van der Waals surface area contributed by atoms with Gasteiger partial charge < -0.3 is 37.4 Å². The predicted molar refractivity (Wildman–Crippen MR) is 259 cm³/mol. The van der Waals surface area contributed by atoms with E-state index in [0.717, 1.165) is 82.1 Å². The molecule has 12 heteroatoms. The Morgan fingerprint density at radius 3 is 1.89 bits per heavy atom. The van der Waals surface area contributed by atoms with Crippen molar-refractivity contribution in [1.82, 2.24) is 0 Å². The molecular formula is C52H86NO10P. The summed E-state index contributed by atoms with van der Waals surface area (Å²) in [5, 5.41) is 10.3. The molecule has 0 fully saturated rings. The summed E-state index contributed by atoms with van der Waals surface area (Å²) in [6.45, 7) is 8.19. The number of hydrogen-bond acceptors (Lipinski definition) is 10. The maximum absolute atomic E-state index is 12.7. The van der Waals surface area contributed by atoms with Crippen molar-refractivity contribution in [3.63, 3.8) is 0 Å². The van der Waals surface area contributed by atoms with Crippen LogP contribution in [0.2, 0.25) is 0 Å². The van der Waals surface area contributed by atoms with Gasteiger partial charge in [-0.15, -0.1) is 0 Å². The van der Waals surface area contributed by atoms with Crippen LogP contribution in [-0.4, -0.2) is 81.2 Å². The molecule has 0 aliphatic rings. The number of carbonyl (C=O) groups excluding carboxylic acids is 2. The summed E-state index contributed by atoms with van der Waals surface area (Å²) in [7, 11) is 1.02. The Hall–Kier alpha value is -3.31. The number of phosphoric acid groups is 1. The van der Waals surface area contributed by atoms with Gasteiger partial charge in [-0.3, -0.25) is 14.2 Å². The fourth-order valence-corrected chi connectivity index (χ4v) is 7.20. The van der Waals surface area contributed by atoms with Gasteiger partial charge in [0.05, 0.1) is 33.9 Å². The minimum absolute atomic E-state index is 0.00719. The lowest BCUT2D eigenvalue weighted by Gasteiger charge is -2.28. The number of aliphatic hydroxyl groups is 1. The Labute approximate surface area is 387 Å². The third-order valence-electron chi connectivity index (χ3n) is 10.5. The molecule has 0 spiro atoms. The van der Waals surface area contributed by atoms with E-state index in [0.29, 0.717) is 30.3 Å². The number of aliphatic hydroxyl groups excluding tert-OH is 1. The lowest BCUT2D eigenvalue weighted by molar-refractivity contribution is -0.870. The third kappa shape index (κ3) is 33.2. The predicted octanol–water partition coefficient (Wildman–Crippen LogP) is 11.8. The van der Waals surface area contributed by atoms with Crippen LogP contribution in [0, 0.1) is 13.8 Å². The van der Waals surface area contributed by atoms with Gasteiger partial charge in [-0.2, -0.15) is 0 Å². The maximum atomic E-state index is 12.7. The Bertz CT molecular complexity index is 1620. The van der Waals surface area contributed by atoms with Gasteiger partial charge in [0, 0.05) is 25.7 Å². The van der Waals surface area contributed by atoms with E-state index in [-0.39, 0.29) is 26.1 Å². The van der Waals surface area contributed by atoms with Gasteiger partial charge in [0.15, 0.2) is 6.10 Å². The number of aryl methyl sites for hydroxylation is 2. The number of rotatable bonds is 39. The first-order valence-electron chi connectivity index (χ1n) is 24.1. The first-order chi connectivity index (χ1) is 30.7. The molecule has 2 unspecified atom stereocenters. The van der Waals surface area contributed by atoms with E-state index in [1.54, 1.807) is 18.2 Å². The van der Waals surface area contributed by atoms with E-state index in [2.05, 4.69) is 64.2 Å². The summed E-state index contributed by atoms with van der Waals surface area (Å²) in [6.07, 6.45) is 40.8. The lowest BCUT2D eigenvalue weighted by Crippen LogP contribution is -2.37. The minimum Gasteiger partial charge on any atom is -0.756 e. The zero-order chi connectivity index (χ0) is 47.3. The second-order valence-corrected chi connectivity index (χ2v) is 18.9. The van der Waals surface area contributed by atoms with Crippen LogP contribution in [-0.2, 0) is 45.5 Å². The summed E-state index contributed by atoms with van der Waals surface area (Å²) in [5.74, 6) is 1.27. The highest BCUT2D eigenvalue weighted by Gasteiger charge is 2.22. The molecule has 364 valence electrons. The maximum Gasteiger partial charge on any atom is 0.306 e. The van der Waals surface area contributed by atoms with Crippen molar-refractivity contribution in [1.29, 1.82) is 0 Å². The van der Waals surface area contributed by atoms with E-state index in [1.807, 2.05) is 39.4 Å². The molecule has 0 aliphatic carbocycles. The van der Waals surface area contributed by atoms with Gasteiger partial charge in [-0.05, 0) is 82.8 Å². The van der Waals surface area contributed by atoms with Crippen LogP contribution in [0.3, 0.4) is 0 Å². The summed E-state index contributed by atoms with van der Waals surface area (Å²) in [4.78, 5) is 37.8. The monoisotopic (exact) mass is 916 g/mol. The number of carbonyl (C=O) groups is 2. The topological polar surface area (TPSA) is 145 Å². The highest BCUT2D eigenvalue weighted by molar-refractivity contribution is 7.45. The molecule has 3 atom stereocenters. The van der Waals surface area contributed by atoms with Crippen molar-refractivity contribution in [2.75, 3.05) is 47.5 Å². The molecule has 64 heavy (non-hydrogen) atoms. The average Bonchev–Trinajstić information content (AvgIpc) is 3.51. The summed E-state index contributed by atoms with van der Waals surface area (Å²) >= 11 is 0. The molecule has 0 aliphatic heterocycles. The summed E-state index contributed by atoms with van der Waals surface area (Å²) in [6, 6.07) is 0. The van der Waals surface area contributed by atoms with E-state index in [1.165, 1.54) is 43.2 Å². The number of furan rings is 1. The third-order valence-corrected chi connectivity index (χ3v) is 11.5. The van der Waals surface area contributed by atoms with Crippen LogP contribution in [0.15, 0.2) is 77.3 Å². The molecule has 0 bridgehead atoms. The molecule has 1 rings (SSSR count). The largest absolute Gasteiger partial charge is 0.756 e. The number of unbranched alkanes of at least 4 members (excludes halogenated alkanes) is 9. The van der Waals surface area contributed by atoms with Gasteiger partial charge in [-0.1, -0.05) is 138 Å². The van der Waals surface area contributed by atoms with Crippen molar-refractivity contribution in [3.05, 3.63) is 95.6 Å². The molecule has 0 saturated carbocycles. The first kappa shape index (κ1) is 58.7. The Morgan fingerprint density at radius 1 is 0.703 bits per heavy atom. The van der Waals surface area contributed by atoms with Crippen molar-refractivity contribution >= 4 is 19.8 Å². The normalized spacial score (nSPS) is 14.6. The van der Waals surface area contributed by atoms with Crippen molar-refractivity contribution in [3.8, 4) is 0 Å². The van der Waals surface area contributed by atoms with Crippen LogP contribution >= 0.6 is 7.82 Å². The fraction of sp³-hybridized carbons (Fsp3) is 0.654. The Kier molecular flexibility index (Phi) is 33.8. The van der Waals surface area contributed by atoms with E-state index >= 15 is 0 Å². The first-order valence-corrected chi connectivity index (χ1v) is 25.6. The molecule has 0 amide bonds. The summed E-state index contributed by atoms with van der Waals surface area (Å²) < 4.78 is 40.1. The van der Waals surface area contributed by atoms with Gasteiger partial charge in [0.25, 0.3) is 7.82 Å². The van der Waals surface area contributed by atoms with Crippen LogP contribution in [0.5, 0.6) is 0 Å². The number of nitrogens with zero attached hydrogens (tertiary/aromatic N) is 1. The summed E-state index contributed by atoms with van der Waals surface area (Å²) in [5.41, 5.74) is 2.64. The smallest absolute Gasteiger partial charge is 0.306 e. The highest BCUT2D eigenvalue weighted by atomic mass is 31.2. The molecule has 0 aromatic carbocycles. The van der Waals surface area contributed by atoms with Gasteiger partial charge >= 0.3 is 11.9 Å². The van der Waals surface area contributed by atoms with Crippen molar-refractivity contribution in [2.24, 2.45) is 0 Å². The van der Waals surface area contributed by atoms with E-state index in [4.69, 9.17) is 22.9 Å². The molecule has 0 radical (unpaired) electrons. The van der Waals surface area contributed by atoms with Crippen LogP contribution in [0.25, 0.3) is 0 Å². The number of hydrogen-bond donors (Lipinski definition) is 1. The lowest BCUT2D eigenvalue weighted by atomic mass is 10.0. The molecular weight excluding hydrogens is 830 g/mol. The van der Waals surface area contributed by atoms with E-state index < -0.39 is 38.6 Å². The second kappa shape index (κ2) is 36.9. The Morgan fingerprint density at radius 2 is 1.28 bits per heavy atom. The van der Waals surface area contributed by atoms with E-state index in [9.17, 15) is 24.2 Å². The molecule has 1 aromatic rings. The quantitative estimate of drug-likeness (QED) is 0.0169. The molecule has 1 aromatic heterocycles. The number of likely N-dealkylation sites (N-methyl/N-ethyl adjacent to an activating group) is 1. The fourth-order valence-electron chi connectivity index (χ4n) is 6.47. The van der Waals surface area contributed by atoms with Crippen molar-refractivity contribution < 1.29 is 51.6 Å². The van der Waals surface area contributed by atoms with Crippen LogP contribution < -0.4 is 4.89 Å². The average molecular weight is 916 g/mol. The number of allylic oxidation sites excluding steroid dienone is 10. The van der Waals surface area contributed by atoms with Gasteiger partial charge in [-0.25, -0.2) is 0 Å². The van der Waals surface area contributed by atoms with Crippen LogP contribution in [0.1, 0.15) is 158 Å². The van der Waals surface area contributed by atoms with Crippen molar-refractivity contribution in [2.45, 2.75) is 175 Å². The SMILES string of the molecule is CC/C=C\C/C=C\C/C=C\C/C=C\C=C/C(O)C/C=C\CCC(=O)O[C@H](COC(=O)CCCCCCCCCCc1oc(CCCCC)c(C)c1C)COP(=O)([O-])OCC[N+](C)(C)C. The number of esters is 2. The number of quaternary nitrogens is 1.